The first-order valence-corrected chi connectivity index (χ1v) is 5.88. The van der Waals surface area contributed by atoms with Crippen molar-refractivity contribution in [3.05, 3.63) is 17.6 Å². The first-order valence-electron chi connectivity index (χ1n) is 5.88. The van der Waals surface area contributed by atoms with Crippen LogP contribution >= 0.6 is 0 Å². The molecule has 1 heterocycles. The maximum Gasteiger partial charge on any atom is 0.130 e. The van der Waals surface area contributed by atoms with Crippen molar-refractivity contribution in [2.24, 2.45) is 11.7 Å². The van der Waals surface area contributed by atoms with Gasteiger partial charge in [0.2, 0.25) is 0 Å². The van der Waals surface area contributed by atoms with Crippen LogP contribution in [0.2, 0.25) is 0 Å². The lowest BCUT2D eigenvalue weighted by Gasteiger charge is -2.20. The third-order valence-electron chi connectivity index (χ3n) is 2.85. The molecule has 4 heteroatoms. The summed E-state index contributed by atoms with van der Waals surface area (Å²) in [5.74, 6) is 2.15. The van der Waals surface area contributed by atoms with Crippen molar-refractivity contribution in [2.75, 3.05) is 11.9 Å². The molecule has 0 aliphatic rings. The third kappa shape index (κ3) is 3.45. The molecular weight excluding hydrogens is 200 g/mol. The largest absolute Gasteiger partial charge is 0.367 e. The lowest BCUT2D eigenvalue weighted by Crippen LogP contribution is -2.29. The van der Waals surface area contributed by atoms with Crippen molar-refractivity contribution < 1.29 is 0 Å². The summed E-state index contributed by atoms with van der Waals surface area (Å²) in [5.41, 5.74) is 6.71. The van der Waals surface area contributed by atoms with Crippen LogP contribution in [0.4, 0.5) is 5.82 Å². The molecule has 0 saturated heterocycles. The molecule has 4 nitrogen and oxygen atoms in total. The smallest absolute Gasteiger partial charge is 0.130 e. The van der Waals surface area contributed by atoms with E-state index in [4.69, 9.17) is 5.73 Å². The van der Waals surface area contributed by atoms with Crippen LogP contribution in [0.25, 0.3) is 0 Å². The molecule has 0 aliphatic heterocycles. The molecule has 0 aromatic carbocycles. The van der Waals surface area contributed by atoms with Gasteiger partial charge in [0, 0.05) is 17.8 Å². The standard InChI is InChI=1S/C12H22N4/c1-5-11-6-12(16-10(4)15-11)14-9(3)8(2)7-13/h6,8-9H,5,7,13H2,1-4H3,(H,14,15,16). The first kappa shape index (κ1) is 12.9. The van der Waals surface area contributed by atoms with Crippen molar-refractivity contribution >= 4 is 5.82 Å². The normalized spacial score (nSPS) is 14.6. The van der Waals surface area contributed by atoms with E-state index in [0.717, 1.165) is 23.8 Å². The fourth-order valence-electron chi connectivity index (χ4n) is 1.46. The topological polar surface area (TPSA) is 63.8 Å². The van der Waals surface area contributed by atoms with Crippen molar-refractivity contribution in [1.29, 1.82) is 0 Å². The molecule has 1 aromatic heterocycles. The molecule has 90 valence electrons. The van der Waals surface area contributed by atoms with E-state index in [1.807, 2.05) is 13.0 Å². The molecule has 3 N–H and O–H groups in total. The Kier molecular flexibility index (Phi) is 4.68. The van der Waals surface area contributed by atoms with Gasteiger partial charge in [-0.3, -0.25) is 0 Å². The van der Waals surface area contributed by atoms with Gasteiger partial charge in [0.05, 0.1) is 0 Å². The predicted octanol–water partition coefficient (Wildman–Crippen LogP) is 1.74. The van der Waals surface area contributed by atoms with E-state index in [0.29, 0.717) is 18.5 Å². The van der Waals surface area contributed by atoms with E-state index in [2.05, 4.69) is 36.1 Å². The second kappa shape index (κ2) is 5.80. The van der Waals surface area contributed by atoms with Crippen LogP contribution < -0.4 is 11.1 Å². The highest BCUT2D eigenvalue weighted by Gasteiger charge is 2.11. The van der Waals surface area contributed by atoms with Crippen LogP contribution in [-0.2, 0) is 6.42 Å². The van der Waals surface area contributed by atoms with E-state index >= 15 is 0 Å². The first-order chi connectivity index (χ1) is 7.56. The number of nitrogens with two attached hydrogens (primary N) is 1. The molecule has 0 amide bonds. The Hall–Kier alpha value is -1.16. The summed E-state index contributed by atoms with van der Waals surface area (Å²) in [6.07, 6.45) is 0.929. The molecule has 0 saturated carbocycles. The number of rotatable bonds is 5. The number of hydrogen-bond donors (Lipinski definition) is 2. The summed E-state index contributed by atoms with van der Waals surface area (Å²) in [7, 11) is 0. The monoisotopic (exact) mass is 222 g/mol. The third-order valence-corrected chi connectivity index (χ3v) is 2.85. The number of nitrogens with zero attached hydrogens (tertiary/aromatic N) is 2. The van der Waals surface area contributed by atoms with Gasteiger partial charge in [-0.2, -0.15) is 0 Å². The van der Waals surface area contributed by atoms with Gasteiger partial charge in [-0.25, -0.2) is 9.97 Å². The molecule has 0 radical (unpaired) electrons. The Morgan fingerprint density at radius 2 is 2.06 bits per heavy atom. The minimum atomic E-state index is 0.323. The van der Waals surface area contributed by atoms with E-state index in [1.54, 1.807) is 0 Å². The number of hydrogen-bond acceptors (Lipinski definition) is 4. The Bertz CT molecular complexity index is 338. The number of aromatic nitrogens is 2. The zero-order chi connectivity index (χ0) is 12.1. The van der Waals surface area contributed by atoms with Gasteiger partial charge in [-0.1, -0.05) is 13.8 Å². The molecular formula is C12H22N4. The number of nitrogens with one attached hydrogen (secondary N) is 1. The number of aryl methyl sites for hydroxylation is 2. The summed E-state index contributed by atoms with van der Waals surface area (Å²) in [4.78, 5) is 8.72. The van der Waals surface area contributed by atoms with Crippen LogP contribution in [0.5, 0.6) is 0 Å². The predicted molar refractivity (Wildman–Crippen MR) is 67.5 cm³/mol. The summed E-state index contributed by atoms with van der Waals surface area (Å²) in [6, 6.07) is 2.33. The maximum atomic E-state index is 5.64. The Morgan fingerprint density at radius 1 is 1.38 bits per heavy atom. The molecule has 1 rings (SSSR count). The van der Waals surface area contributed by atoms with Crippen molar-refractivity contribution in [2.45, 2.75) is 40.2 Å². The highest BCUT2D eigenvalue weighted by molar-refractivity contribution is 5.37. The molecule has 1 aromatic rings. The van der Waals surface area contributed by atoms with Gasteiger partial charge in [0.25, 0.3) is 0 Å². The quantitative estimate of drug-likeness (QED) is 0.796. The van der Waals surface area contributed by atoms with Gasteiger partial charge in [0.15, 0.2) is 0 Å². The van der Waals surface area contributed by atoms with Crippen molar-refractivity contribution in [3.8, 4) is 0 Å². The summed E-state index contributed by atoms with van der Waals surface area (Å²) in [5, 5.41) is 3.38. The lowest BCUT2D eigenvalue weighted by molar-refractivity contribution is 0.520. The molecule has 0 bridgehead atoms. The van der Waals surface area contributed by atoms with Gasteiger partial charge in [-0.05, 0) is 32.7 Å². The molecule has 0 fully saturated rings. The van der Waals surface area contributed by atoms with E-state index < -0.39 is 0 Å². The van der Waals surface area contributed by atoms with Crippen LogP contribution in [0, 0.1) is 12.8 Å². The maximum absolute atomic E-state index is 5.64. The van der Waals surface area contributed by atoms with E-state index in [1.165, 1.54) is 0 Å². The molecule has 0 spiro atoms. The van der Waals surface area contributed by atoms with Gasteiger partial charge in [-0.15, -0.1) is 0 Å². The zero-order valence-electron chi connectivity index (χ0n) is 10.6. The summed E-state index contributed by atoms with van der Waals surface area (Å²) < 4.78 is 0. The van der Waals surface area contributed by atoms with Crippen molar-refractivity contribution in [3.63, 3.8) is 0 Å². The SMILES string of the molecule is CCc1cc(NC(C)C(C)CN)nc(C)n1. The fourth-order valence-corrected chi connectivity index (χ4v) is 1.46. The summed E-state index contributed by atoms with van der Waals surface area (Å²) >= 11 is 0. The Morgan fingerprint density at radius 3 is 2.62 bits per heavy atom. The van der Waals surface area contributed by atoms with E-state index in [-0.39, 0.29) is 0 Å². The van der Waals surface area contributed by atoms with Crippen LogP contribution in [-0.4, -0.2) is 22.6 Å². The highest BCUT2D eigenvalue weighted by atomic mass is 15.0. The minimum absolute atomic E-state index is 0.323. The van der Waals surface area contributed by atoms with Crippen LogP contribution in [0.3, 0.4) is 0 Å². The van der Waals surface area contributed by atoms with Gasteiger partial charge < -0.3 is 11.1 Å². The summed E-state index contributed by atoms with van der Waals surface area (Å²) in [6.45, 7) is 8.95. The van der Waals surface area contributed by atoms with E-state index in [9.17, 15) is 0 Å². The van der Waals surface area contributed by atoms with Gasteiger partial charge in [0.1, 0.15) is 11.6 Å². The average molecular weight is 222 g/mol. The van der Waals surface area contributed by atoms with Crippen LogP contribution in [0.15, 0.2) is 6.07 Å². The lowest BCUT2D eigenvalue weighted by atomic mass is 10.0. The fraction of sp³-hybridized carbons (Fsp3) is 0.667. The molecule has 16 heavy (non-hydrogen) atoms. The second-order valence-electron chi connectivity index (χ2n) is 4.29. The molecule has 2 unspecified atom stereocenters. The average Bonchev–Trinajstić information content (AvgIpc) is 2.26. The molecule has 0 aliphatic carbocycles. The second-order valence-corrected chi connectivity index (χ2v) is 4.29. The minimum Gasteiger partial charge on any atom is -0.367 e. The van der Waals surface area contributed by atoms with Crippen LogP contribution in [0.1, 0.15) is 32.3 Å². The van der Waals surface area contributed by atoms with Gasteiger partial charge >= 0.3 is 0 Å². The Labute approximate surface area is 97.7 Å². The highest BCUT2D eigenvalue weighted by Crippen LogP contribution is 2.11. The van der Waals surface area contributed by atoms with Crippen molar-refractivity contribution in [1.82, 2.24) is 9.97 Å². The molecule has 2 atom stereocenters. The Balaban J connectivity index is 2.76. The zero-order valence-corrected chi connectivity index (χ0v) is 10.6. The number of anilines is 1.